The van der Waals surface area contributed by atoms with Crippen molar-refractivity contribution in [2.45, 2.75) is 90.5 Å². The fourth-order valence-corrected chi connectivity index (χ4v) is 2.36. The van der Waals surface area contributed by atoms with Gasteiger partial charge in [-0.1, -0.05) is 64.7 Å². The van der Waals surface area contributed by atoms with E-state index in [4.69, 9.17) is 5.11 Å². The molecule has 0 amide bonds. The van der Waals surface area contributed by atoms with E-state index in [1.54, 1.807) is 0 Å². The number of nitrogens with one attached hydrogen (secondary N) is 1. The Labute approximate surface area is 120 Å². The molecule has 0 aromatic heterocycles. The quantitative estimate of drug-likeness (QED) is 0.506. The average molecular weight is 275 g/mol. The normalized spacial score (nSPS) is 11.4. The fourth-order valence-electron chi connectivity index (χ4n) is 2.36. The number of aliphatic hydroxyl groups is 1. The van der Waals surface area contributed by atoms with E-state index in [0.29, 0.717) is 6.54 Å². The molecule has 0 radical (unpaired) electrons. The van der Waals surface area contributed by atoms with Crippen LogP contribution in [0, 0.1) is 0 Å². The fraction of sp³-hybridized carbons (Fsp3) is 1.00. The summed E-state index contributed by atoms with van der Waals surface area (Å²) < 4.78 is 0. The maximum Gasteiger partial charge on any atom is 0.0556 e. The summed E-state index contributed by atoms with van der Waals surface area (Å²) in [7, 11) is 0. The molecule has 0 saturated heterocycles. The number of rotatable bonds is 13. The molecule has 0 aromatic rings. The van der Waals surface area contributed by atoms with E-state index in [1.165, 1.54) is 64.2 Å². The zero-order chi connectivity index (χ0) is 13.7. The first-order chi connectivity index (χ1) is 8.62. The van der Waals surface area contributed by atoms with E-state index in [1.807, 2.05) is 0 Å². The first-order valence-corrected chi connectivity index (χ1v) is 7.98. The summed E-state index contributed by atoms with van der Waals surface area (Å²) in [5.41, 5.74) is 0.184. The molecule has 0 spiro atoms. The average Bonchev–Trinajstić information content (AvgIpc) is 2.34. The van der Waals surface area contributed by atoms with Crippen molar-refractivity contribution >= 4 is 0 Å². The molecule has 4 N–H and O–H groups in total. The molecule has 19 heavy (non-hydrogen) atoms. The highest BCUT2D eigenvalue weighted by molar-refractivity contribution is 4.76. The lowest BCUT2D eigenvalue weighted by Gasteiger charge is -2.26. The molecule has 0 atom stereocenters. The Kier molecular flexibility index (Phi) is 15.9. The van der Waals surface area contributed by atoms with Crippen LogP contribution in [0.4, 0.5) is 0 Å². The molecular formula is C16H37NO2. The SMILES string of the molecule is CCCCCCCCCCCC(C)(C)NCCO.O. The summed E-state index contributed by atoms with van der Waals surface area (Å²) >= 11 is 0. The van der Waals surface area contributed by atoms with E-state index in [2.05, 4.69) is 26.1 Å². The molecule has 0 aliphatic carbocycles. The Morgan fingerprint density at radius 3 is 1.79 bits per heavy atom. The number of unbranched alkanes of at least 4 members (excludes halogenated alkanes) is 8. The molecule has 0 aliphatic heterocycles. The van der Waals surface area contributed by atoms with Crippen molar-refractivity contribution in [2.24, 2.45) is 0 Å². The van der Waals surface area contributed by atoms with Gasteiger partial charge in [0.05, 0.1) is 6.61 Å². The topological polar surface area (TPSA) is 63.8 Å². The molecule has 0 aliphatic rings. The van der Waals surface area contributed by atoms with Crippen molar-refractivity contribution in [1.29, 1.82) is 0 Å². The third-order valence-corrected chi connectivity index (χ3v) is 3.62. The molecule has 0 bridgehead atoms. The lowest BCUT2D eigenvalue weighted by atomic mass is 9.96. The molecular weight excluding hydrogens is 238 g/mol. The van der Waals surface area contributed by atoms with Crippen LogP contribution in [-0.4, -0.2) is 29.3 Å². The molecule has 3 nitrogen and oxygen atoms in total. The predicted octanol–water partition coefficient (Wildman–Crippen LogP) is 3.44. The lowest BCUT2D eigenvalue weighted by Crippen LogP contribution is -2.40. The standard InChI is InChI=1S/C16H35NO.H2O/c1-4-5-6-7-8-9-10-11-12-13-16(2,3)17-14-15-18;/h17-18H,4-15H2,1-3H3;1H2. The predicted molar refractivity (Wildman–Crippen MR) is 84.6 cm³/mol. The summed E-state index contributed by atoms with van der Waals surface area (Å²) in [5.74, 6) is 0. The van der Waals surface area contributed by atoms with Gasteiger partial charge in [-0.2, -0.15) is 0 Å². The maximum absolute atomic E-state index is 8.80. The van der Waals surface area contributed by atoms with Crippen LogP contribution in [0.15, 0.2) is 0 Å². The van der Waals surface area contributed by atoms with Gasteiger partial charge in [-0.25, -0.2) is 0 Å². The summed E-state index contributed by atoms with van der Waals surface area (Å²) in [6.45, 7) is 7.68. The van der Waals surface area contributed by atoms with Gasteiger partial charge in [0, 0.05) is 12.1 Å². The highest BCUT2D eigenvalue weighted by atomic mass is 16.3. The van der Waals surface area contributed by atoms with Gasteiger partial charge in [0.2, 0.25) is 0 Å². The minimum atomic E-state index is 0. The van der Waals surface area contributed by atoms with Crippen LogP contribution in [0.1, 0.15) is 85.0 Å². The largest absolute Gasteiger partial charge is 0.412 e. The van der Waals surface area contributed by atoms with E-state index in [9.17, 15) is 0 Å². The van der Waals surface area contributed by atoms with Crippen molar-refractivity contribution in [2.75, 3.05) is 13.2 Å². The van der Waals surface area contributed by atoms with Gasteiger partial charge in [-0.05, 0) is 20.3 Å². The van der Waals surface area contributed by atoms with Gasteiger partial charge < -0.3 is 15.9 Å². The number of hydrogen-bond donors (Lipinski definition) is 2. The summed E-state index contributed by atoms with van der Waals surface area (Å²) in [6, 6.07) is 0. The molecule has 0 heterocycles. The number of β-amino-alcohol motifs (C(OH)–C–C–N with tert-alkyl or cyclic N) is 1. The summed E-state index contributed by atoms with van der Waals surface area (Å²) in [5, 5.41) is 12.2. The highest BCUT2D eigenvalue weighted by Gasteiger charge is 2.15. The number of aliphatic hydroxyl groups excluding tert-OH is 1. The Morgan fingerprint density at radius 1 is 0.842 bits per heavy atom. The molecule has 0 unspecified atom stereocenters. The van der Waals surface area contributed by atoms with Gasteiger partial charge in [-0.15, -0.1) is 0 Å². The molecule has 0 rings (SSSR count). The Hall–Kier alpha value is -0.120. The van der Waals surface area contributed by atoms with Gasteiger partial charge >= 0.3 is 0 Å². The smallest absolute Gasteiger partial charge is 0.0556 e. The third kappa shape index (κ3) is 15.8. The lowest BCUT2D eigenvalue weighted by molar-refractivity contribution is 0.258. The molecule has 118 valence electrons. The van der Waals surface area contributed by atoms with Crippen molar-refractivity contribution in [1.82, 2.24) is 5.32 Å². The summed E-state index contributed by atoms with van der Waals surface area (Å²) in [6.07, 6.45) is 13.7. The molecule has 0 saturated carbocycles. The zero-order valence-electron chi connectivity index (χ0n) is 13.4. The minimum Gasteiger partial charge on any atom is -0.412 e. The minimum absolute atomic E-state index is 0. The second kappa shape index (κ2) is 14.3. The highest BCUT2D eigenvalue weighted by Crippen LogP contribution is 2.15. The van der Waals surface area contributed by atoms with Gasteiger partial charge in [0.15, 0.2) is 0 Å². The Bertz CT molecular complexity index is 172. The van der Waals surface area contributed by atoms with Crippen LogP contribution >= 0.6 is 0 Å². The third-order valence-electron chi connectivity index (χ3n) is 3.62. The second-order valence-corrected chi connectivity index (χ2v) is 6.11. The van der Waals surface area contributed by atoms with Crippen molar-refractivity contribution in [3.05, 3.63) is 0 Å². The van der Waals surface area contributed by atoms with Crippen LogP contribution in [-0.2, 0) is 0 Å². The van der Waals surface area contributed by atoms with E-state index in [-0.39, 0.29) is 17.6 Å². The van der Waals surface area contributed by atoms with Gasteiger partial charge in [0.1, 0.15) is 0 Å². The summed E-state index contributed by atoms with van der Waals surface area (Å²) in [4.78, 5) is 0. The first-order valence-electron chi connectivity index (χ1n) is 7.98. The van der Waals surface area contributed by atoms with Gasteiger partial charge in [-0.3, -0.25) is 0 Å². The molecule has 0 aromatic carbocycles. The first kappa shape index (κ1) is 21.2. The Morgan fingerprint density at radius 2 is 1.32 bits per heavy atom. The molecule has 3 heteroatoms. The van der Waals surface area contributed by atoms with Crippen LogP contribution in [0.3, 0.4) is 0 Å². The van der Waals surface area contributed by atoms with E-state index >= 15 is 0 Å². The number of hydrogen-bond acceptors (Lipinski definition) is 2. The van der Waals surface area contributed by atoms with Crippen molar-refractivity contribution in [3.63, 3.8) is 0 Å². The zero-order valence-corrected chi connectivity index (χ0v) is 13.4. The second-order valence-electron chi connectivity index (χ2n) is 6.11. The molecule has 0 fully saturated rings. The van der Waals surface area contributed by atoms with Crippen molar-refractivity contribution in [3.8, 4) is 0 Å². The maximum atomic E-state index is 8.80. The van der Waals surface area contributed by atoms with Crippen LogP contribution in [0.5, 0.6) is 0 Å². The Balaban J connectivity index is 0. The van der Waals surface area contributed by atoms with Crippen LogP contribution in [0.2, 0.25) is 0 Å². The van der Waals surface area contributed by atoms with Crippen molar-refractivity contribution < 1.29 is 10.6 Å². The van der Waals surface area contributed by atoms with E-state index in [0.717, 1.165) is 0 Å². The van der Waals surface area contributed by atoms with Gasteiger partial charge in [0.25, 0.3) is 0 Å². The monoisotopic (exact) mass is 275 g/mol. The van der Waals surface area contributed by atoms with E-state index < -0.39 is 0 Å². The van der Waals surface area contributed by atoms with Crippen LogP contribution < -0.4 is 5.32 Å². The van der Waals surface area contributed by atoms with Crippen LogP contribution in [0.25, 0.3) is 0 Å².